The van der Waals surface area contributed by atoms with E-state index in [1.54, 1.807) is 16.9 Å². The van der Waals surface area contributed by atoms with E-state index in [1.807, 2.05) is 35.6 Å². The molecule has 5 heterocycles. The van der Waals surface area contributed by atoms with Gasteiger partial charge in [-0.05, 0) is 38.0 Å². The Morgan fingerprint density at radius 1 is 1.16 bits per heavy atom. The third-order valence-electron chi connectivity index (χ3n) is 5.79. The van der Waals surface area contributed by atoms with Crippen LogP contribution in [0.5, 0.6) is 0 Å². The van der Waals surface area contributed by atoms with Gasteiger partial charge >= 0.3 is 0 Å². The van der Waals surface area contributed by atoms with Crippen molar-refractivity contribution in [3.63, 3.8) is 0 Å². The summed E-state index contributed by atoms with van der Waals surface area (Å²) >= 11 is 0. The van der Waals surface area contributed by atoms with E-state index >= 15 is 0 Å². The summed E-state index contributed by atoms with van der Waals surface area (Å²) in [6.45, 7) is 5.85. The Morgan fingerprint density at radius 2 is 2.06 bits per heavy atom. The van der Waals surface area contributed by atoms with Crippen LogP contribution in [0.1, 0.15) is 29.2 Å². The lowest BCUT2D eigenvalue weighted by Crippen LogP contribution is -2.34. The van der Waals surface area contributed by atoms with Crippen LogP contribution in [0, 0.1) is 13.8 Å². The molecular formula is C21H23N9O. The van der Waals surface area contributed by atoms with Gasteiger partial charge < -0.3 is 4.90 Å². The summed E-state index contributed by atoms with van der Waals surface area (Å²) in [5.74, 6) is 2.31. The highest BCUT2D eigenvalue weighted by atomic mass is 16.2. The summed E-state index contributed by atoms with van der Waals surface area (Å²) in [6.07, 6.45) is 6.74. The first-order chi connectivity index (χ1) is 15.1. The molecule has 1 aliphatic rings. The van der Waals surface area contributed by atoms with Crippen LogP contribution in [-0.2, 0) is 24.2 Å². The van der Waals surface area contributed by atoms with Crippen LogP contribution in [0.3, 0.4) is 0 Å². The number of pyridine rings is 1. The predicted molar refractivity (Wildman–Crippen MR) is 112 cm³/mol. The van der Waals surface area contributed by atoms with Gasteiger partial charge in [-0.1, -0.05) is 0 Å². The Balaban J connectivity index is 1.25. The molecule has 4 aromatic rings. The first-order valence-corrected chi connectivity index (χ1v) is 10.4. The third kappa shape index (κ3) is 3.65. The van der Waals surface area contributed by atoms with Crippen LogP contribution in [-0.4, -0.2) is 63.2 Å². The molecule has 0 fully saturated rings. The van der Waals surface area contributed by atoms with Crippen LogP contribution in [0.4, 0.5) is 0 Å². The fourth-order valence-corrected chi connectivity index (χ4v) is 4.07. The number of hydrogen-bond acceptors (Lipinski definition) is 7. The van der Waals surface area contributed by atoms with Crippen molar-refractivity contribution in [3.8, 4) is 11.4 Å². The molecule has 0 bridgehead atoms. The lowest BCUT2D eigenvalue weighted by Gasteiger charge is -2.20. The van der Waals surface area contributed by atoms with Gasteiger partial charge in [0.15, 0.2) is 5.82 Å². The van der Waals surface area contributed by atoms with E-state index in [0.29, 0.717) is 50.5 Å². The second kappa shape index (κ2) is 7.86. The lowest BCUT2D eigenvalue weighted by atomic mass is 10.1. The van der Waals surface area contributed by atoms with E-state index in [2.05, 4.69) is 30.1 Å². The van der Waals surface area contributed by atoms with Crippen molar-refractivity contribution >= 4 is 11.7 Å². The Labute approximate surface area is 179 Å². The van der Waals surface area contributed by atoms with Crippen LogP contribution >= 0.6 is 0 Å². The van der Waals surface area contributed by atoms with Gasteiger partial charge in [-0.3, -0.25) is 9.78 Å². The number of aromatic nitrogens is 8. The topological polar surface area (TPSA) is 107 Å². The van der Waals surface area contributed by atoms with E-state index in [0.717, 1.165) is 28.3 Å². The maximum atomic E-state index is 12.9. The maximum Gasteiger partial charge on any atom is 0.252 e. The number of hydrogen-bond donors (Lipinski definition) is 0. The van der Waals surface area contributed by atoms with Crippen LogP contribution in [0.25, 0.3) is 17.2 Å². The molecule has 0 unspecified atom stereocenters. The summed E-state index contributed by atoms with van der Waals surface area (Å²) in [7, 11) is 0. The van der Waals surface area contributed by atoms with Crippen molar-refractivity contribution in [2.24, 2.45) is 0 Å². The summed E-state index contributed by atoms with van der Waals surface area (Å²) in [5.41, 5.74) is 3.83. The molecule has 4 aromatic heterocycles. The highest BCUT2D eigenvalue weighted by molar-refractivity contribution is 5.76. The van der Waals surface area contributed by atoms with Crippen LogP contribution in [0.2, 0.25) is 0 Å². The molecule has 1 amide bonds. The van der Waals surface area contributed by atoms with Crippen LogP contribution in [0.15, 0.2) is 30.9 Å². The van der Waals surface area contributed by atoms with E-state index < -0.39 is 0 Å². The van der Waals surface area contributed by atoms with Crippen molar-refractivity contribution in [3.05, 3.63) is 53.6 Å². The van der Waals surface area contributed by atoms with E-state index in [1.165, 1.54) is 6.33 Å². The molecule has 158 valence electrons. The van der Waals surface area contributed by atoms with Gasteiger partial charge in [0.25, 0.3) is 5.78 Å². The van der Waals surface area contributed by atoms with E-state index in [4.69, 9.17) is 0 Å². The minimum atomic E-state index is 0.135. The second-order valence-electron chi connectivity index (χ2n) is 7.68. The van der Waals surface area contributed by atoms with Gasteiger partial charge in [-0.15, -0.1) is 0 Å². The summed E-state index contributed by atoms with van der Waals surface area (Å²) < 4.78 is 3.63. The van der Waals surface area contributed by atoms with Gasteiger partial charge in [-0.2, -0.15) is 15.2 Å². The highest BCUT2D eigenvalue weighted by Gasteiger charge is 2.22. The number of rotatable bonds is 4. The van der Waals surface area contributed by atoms with Gasteiger partial charge in [0.1, 0.15) is 12.2 Å². The smallest absolute Gasteiger partial charge is 0.252 e. The third-order valence-corrected chi connectivity index (χ3v) is 5.79. The zero-order valence-electron chi connectivity index (χ0n) is 17.6. The largest absolute Gasteiger partial charge is 0.340 e. The Hall–Kier alpha value is -3.69. The molecule has 31 heavy (non-hydrogen) atoms. The Kier molecular flexibility index (Phi) is 4.89. The van der Waals surface area contributed by atoms with Crippen molar-refractivity contribution in [1.82, 2.24) is 44.2 Å². The van der Waals surface area contributed by atoms with Gasteiger partial charge in [0.2, 0.25) is 5.91 Å². The molecule has 0 aromatic carbocycles. The molecule has 0 radical (unpaired) electrons. The summed E-state index contributed by atoms with van der Waals surface area (Å²) in [6, 6.07) is 3.83. The van der Waals surface area contributed by atoms with E-state index in [9.17, 15) is 4.79 Å². The first-order valence-electron chi connectivity index (χ1n) is 10.4. The zero-order chi connectivity index (χ0) is 21.4. The molecule has 0 N–H and O–H groups in total. The fourth-order valence-electron chi connectivity index (χ4n) is 4.07. The van der Waals surface area contributed by atoms with Crippen molar-refractivity contribution < 1.29 is 4.79 Å². The van der Waals surface area contributed by atoms with E-state index in [-0.39, 0.29) is 5.91 Å². The predicted octanol–water partition coefficient (Wildman–Crippen LogP) is 1.41. The van der Waals surface area contributed by atoms with Crippen molar-refractivity contribution in [1.29, 1.82) is 0 Å². The van der Waals surface area contributed by atoms with Crippen LogP contribution < -0.4 is 0 Å². The highest BCUT2D eigenvalue weighted by Crippen LogP contribution is 2.18. The summed E-state index contributed by atoms with van der Waals surface area (Å²) in [4.78, 5) is 32.3. The molecule has 0 aliphatic carbocycles. The molecule has 1 aliphatic heterocycles. The van der Waals surface area contributed by atoms with Crippen molar-refractivity contribution in [2.45, 2.75) is 39.7 Å². The average Bonchev–Trinajstić information content (AvgIpc) is 3.36. The maximum absolute atomic E-state index is 12.9. The normalized spacial score (nSPS) is 13.9. The summed E-state index contributed by atoms with van der Waals surface area (Å²) in [5, 5.41) is 8.84. The molecule has 0 saturated heterocycles. The van der Waals surface area contributed by atoms with Gasteiger partial charge in [0.05, 0.1) is 6.54 Å². The monoisotopic (exact) mass is 417 g/mol. The molecule has 0 atom stereocenters. The lowest BCUT2D eigenvalue weighted by molar-refractivity contribution is -0.131. The van der Waals surface area contributed by atoms with Gasteiger partial charge in [0, 0.05) is 55.3 Å². The SMILES string of the molecule is Cc1nc2ncnn2c(C)c1CCC(=O)N1CCc2nc(-c3cccnc3)nn2CC1. The van der Waals surface area contributed by atoms with Gasteiger partial charge in [-0.25, -0.2) is 19.2 Å². The molecular weight excluding hydrogens is 394 g/mol. The van der Waals surface area contributed by atoms with Crippen molar-refractivity contribution in [2.75, 3.05) is 13.1 Å². The number of carbonyl (C=O) groups excluding carboxylic acids is 1. The Morgan fingerprint density at radius 3 is 2.90 bits per heavy atom. The molecule has 10 heteroatoms. The fraction of sp³-hybridized carbons (Fsp3) is 0.381. The molecule has 5 rings (SSSR count). The Bertz CT molecular complexity index is 1220. The molecule has 0 saturated carbocycles. The number of amides is 1. The number of nitrogens with zero attached hydrogens (tertiary/aromatic N) is 9. The standard InChI is InChI=1S/C21H23N9O/c1-14-17(15(2)30-21(25-14)23-13-24-30)5-6-19(31)28-9-7-18-26-20(27-29(18)11-10-28)16-4-3-8-22-12-16/h3-4,8,12-13H,5-7,9-11H2,1-2H3. The quantitative estimate of drug-likeness (QED) is 0.494. The number of aryl methyl sites for hydroxylation is 2. The minimum Gasteiger partial charge on any atom is -0.340 e. The average molecular weight is 417 g/mol. The second-order valence-corrected chi connectivity index (χ2v) is 7.68. The molecule has 0 spiro atoms. The number of fused-ring (bicyclic) bond motifs is 2. The zero-order valence-corrected chi connectivity index (χ0v) is 17.6. The first kappa shape index (κ1) is 19.3. The molecule has 10 nitrogen and oxygen atoms in total. The number of carbonyl (C=O) groups is 1. The minimum absolute atomic E-state index is 0.135.